The summed E-state index contributed by atoms with van der Waals surface area (Å²) in [5, 5.41) is 3.54. The molecule has 1 aliphatic rings. The van der Waals surface area contributed by atoms with Crippen LogP contribution in [0.1, 0.15) is 55.4 Å². The lowest BCUT2D eigenvalue weighted by molar-refractivity contribution is -0.144. The minimum absolute atomic E-state index is 0. The van der Waals surface area contributed by atoms with E-state index in [9.17, 15) is 18.0 Å². The van der Waals surface area contributed by atoms with Crippen molar-refractivity contribution in [3.05, 3.63) is 22.8 Å². The maximum atomic E-state index is 12.9. The molecule has 3 rings (SSSR count). The molecule has 0 spiro atoms. The molecule has 0 saturated carbocycles. The number of nitrogens with zero attached hydrogens (tertiary/aromatic N) is 5. The third kappa shape index (κ3) is 4.80. The number of aryl methyl sites for hydroxylation is 2. The zero-order chi connectivity index (χ0) is 20.6. The average Bonchev–Trinajstić information content (AvgIpc) is 3.05. The maximum Gasteiger partial charge on any atom is 0.453 e. The Morgan fingerprint density at radius 3 is 2.59 bits per heavy atom. The van der Waals surface area contributed by atoms with Gasteiger partial charge in [0.15, 0.2) is 0 Å². The fourth-order valence-corrected chi connectivity index (χ4v) is 3.88. The Bertz CT molecular complexity index is 883. The monoisotopic (exact) mass is 434 g/mol. The maximum absolute atomic E-state index is 12.9. The molecule has 0 aromatic carbocycles. The summed E-state index contributed by atoms with van der Waals surface area (Å²) in [6.45, 7) is 5.98. The van der Waals surface area contributed by atoms with Gasteiger partial charge in [-0.15, -0.1) is 17.5 Å². The number of rotatable bonds is 4. The number of nitrogens with two attached hydrogens (primary N) is 1. The van der Waals surface area contributed by atoms with Gasteiger partial charge in [0.1, 0.15) is 0 Å². The number of hydrogen-bond acceptors (Lipinski definition) is 5. The Balaban J connectivity index is 0.00000300. The summed E-state index contributed by atoms with van der Waals surface area (Å²) in [6, 6.07) is -0.0598. The van der Waals surface area contributed by atoms with Gasteiger partial charge in [0, 0.05) is 36.4 Å². The Morgan fingerprint density at radius 1 is 1.28 bits per heavy atom. The fourth-order valence-electron chi connectivity index (χ4n) is 3.88. The zero-order valence-electron chi connectivity index (χ0n) is 16.7. The van der Waals surface area contributed by atoms with E-state index in [1.807, 2.05) is 11.8 Å². The Hall–Kier alpha value is -1.94. The summed E-state index contributed by atoms with van der Waals surface area (Å²) < 4.78 is 39.8. The van der Waals surface area contributed by atoms with E-state index in [1.165, 1.54) is 0 Å². The number of halogens is 4. The Morgan fingerprint density at radius 2 is 1.97 bits per heavy atom. The molecule has 2 aromatic rings. The van der Waals surface area contributed by atoms with Crippen LogP contribution in [-0.4, -0.2) is 49.0 Å². The molecule has 29 heavy (non-hydrogen) atoms. The van der Waals surface area contributed by atoms with E-state index in [2.05, 4.69) is 15.1 Å². The molecule has 0 bridgehead atoms. The first-order chi connectivity index (χ1) is 13.1. The van der Waals surface area contributed by atoms with Crippen LogP contribution in [0.5, 0.6) is 0 Å². The van der Waals surface area contributed by atoms with E-state index in [-0.39, 0.29) is 42.6 Å². The van der Waals surface area contributed by atoms with Gasteiger partial charge in [0.05, 0.1) is 0 Å². The van der Waals surface area contributed by atoms with Crippen molar-refractivity contribution in [3.8, 4) is 0 Å². The van der Waals surface area contributed by atoms with Gasteiger partial charge in [-0.3, -0.25) is 4.79 Å². The smallest absolute Gasteiger partial charge is 0.338 e. The topological polar surface area (TPSA) is 89.4 Å². The van der Waals surface area contributed by atoms with E-state index < -0.39 is 12.0 Å². The molecule has 2 atom stereocenters. The summed E-state index contributed by atoms with van der Waals surface area (Å²) in [5.41, 5.74) is 7.82. The lowest BCUT2D eigenvalue weighted by Crippen LogP contribution is -2.51. The van der Waals surface area contributed by atoms with Crippen molar-refractivity contribution in [2.45, 2.75) is 71.1 Å². The molecule has 1 saturated heterocycles. The SMILES string of the molecule is Cc1nc2nc(C(F)(F)F)nn2c(C)c1CCC(=O)N1CCCCC1C(C)N.Cl. The predicted molar refractivity (Wildman–Crippen MR) is 104 cm³/mol. The zero-order valence-corrected chi connectivity index (χ0v) is 17.5. The number of fused-ring (bicyclic) bond motifs is 1. The van der Waals surface area contributed by atoms with Gasteiger partial charge < -0.3 is 10.6 Å². The van der Waals surface area contributed by atoms with E-state index in [0.717, 1.165) is 23.8 Å². The molecule has 0 aliphatic carbocycles. The third-order valence-corrected chi connectivity index (χ3v) is 5.37. The fraction of sp³-hybridized carbons (Fsp3) is 0.667. The lowest BCUT2D eigenvalue weighted by Gasteiger charge is -2.38. The molecule has 1 fully saturated rings. The molecular formula is C18H26ClF3N6O. The Labute approximate surface area is 173 Å². The van der Waals surface area contributed by atoms with Gasteiger partial charge in [-0.05, 0) is 52.0 Å². The van der Waals surface area contributed by atoms with Gasteiger partial charge >= 0.3 is 6.18 Å². The quantitative estimate of drug-likeness (QED) is 0.799. The molecule has 1 amide bonds. The highest BCUT2D eigenvalue weighted by Gasteiger charge is 2.37. The summed E-state index contributed by atoms with van der Waals surface area (Å²) >= 11 is 0. The van der Waals surface area contributed by atoms with Gasteiger partial charge in [-0.1, -0.05) is 0 Å². The first kappa shape index (κ1) is 23.3. The molecule has 11 heteroatoms. The van der Waals surface area contributed by atoms with E-state index in [4.69, 9.17) is 5.73 Å². The van der Waals surface area contributed by atoms with Crippen LogP contribution in [0.4, 0.5) is 13.2 Å². The average molecular weight is 435 g/mol. The molecule has 162 valence electrons. The number of carbonyl (C=O) groups excluding carboxylic acids is 1. The molecule has 1 aliphatic heterocycles. The second kappa shape index (κ2) is 8.83. The standard InChI is InChI=1S/C18H25F3N6O.ClH/c1-10(22)14-6-4-5-9-26(14)15(28)8-7-13-11(2)23-17-24-16(18(19,20)21)25-27(17)12(13)3;/h10,14H,4-9,22H2,1-3H3;1H. The minimum atomic E-state index is -4.63. The van der Waals surface area contributed by atoms with Gasteiger partial charge in [0.25, 0.3) is 11.6 Å². The molecular weight excluding hydrogens is 409 g/mol. The highest BCUT2D eigenvalue weighted by atomic mass is 35.5. The molecule has 2 N–H and O–H groups in total. The van der Waals surface area contributed by atoms with Crippen LogP contribution >= 0.6 is 12.4 Å². The molecule has 2 aromatic heterocycles. The van der Waals surface area contributed by atoms with Crippen LogP contribution in [0.2, 0.25) is 0 Å². The highest BCUT2D eigenvalue weighted by Crippen LogP contribution is 2.27. The highest BCUT2D eigenvalue weighted by molar-refractivity contribution is 5.85. The number of piperidine rings is 1. The number of likely N-dealkylation sites (tertiary alicyclic amines) is 1. The predicted octanol–water partition coefficient (Wildman–Crippen LogP) is 2.84. The van der Waals surface area contributed by atoms with Crippen LogP contribution < -0.4 is 5.73 Å². The van der Waals surface area contributed by atoms with E-state index >= 15 is 0 Å². The Kier molecular flexibility index (Phi) is 7.10. The molecule has 2 unspecified atom stereocenters. The third-order valence-electron chi connectivity index (χ3n) is 5.37. The van der Waals surface area contributed by atoms with Crippen LogP contribution in [0, 0.1) is 13.8 Å². The van der Waals surface area contributed by atoms with E-state index in [0.29, 0.717) is 29.9 Å². The van der Waals surface area contributed by atoms with Crippen LogP contribution in [0.25, 0.3) is 5.78 Å². The molecule has 0 radical (unpaired) electrons. The van der Waals surface area contributed by atoms with Crippen LogP contribution in [-0.2, 0) is 17.4 Å². The van der Waals surface area contributed by atoms with Gasteiger partial charge in [-0.25, -0.2) is 9.50 Å². The van der Waals surface area contributed by atoms with Crippen molar-refractivity contribution in [1.82, 2.24) is 24.5 Å². The van der Waals surface area contributed by atoms with Crippen molar-refractivity contribution in [2.24, 2.45) is 5.73 Å². The number of alkyl halides is 3. The summed E-state index contributed by atoms with van der Waals surface area (Å²) in [6.07, 6.45) is -1.09. The minimum Gasteiger partial charge on any atom is -0.338 e. The first-order valence-corrected chi connectivity index (χ1v) is 9.44. The molecule has 7 nitrogen and oxygen atoms in total. The normalized spacial score (nSPS) is 18.6. The largest absolute Gasteiger partial charge is 0.453 e. The van der Waals surface area contributed by atoms with Crippen molar-refractivity contribution >= 4 is 24.1 Å². The second-order valence-corrected chi connectivity index (χ2v) is 7.42. The van der Waals surface area contributed by atoms with Crippen molar-refractivity contribution in [2.75, 3.05) is 6.54 Å². The number of aromatic nitrogens is 4. The van der Waals surface area contributed by atoms with Crippen molar-refractivity contribution < 1.29 is 18.0 Å². The molecule has 3 heterocycles. The number of amides is 1. The van der Waals surface area contributed by atoms with Crippen LogP contribution in [0.15, 0.2) is 0 Å². The second-order valence-electron chi connectivity index (χ2n) is 7.42. The van der Waals surface area contributed by atoms with Gasteiger partial charge in [-0.2, -0.15) is 18.2 Å². The van der Waals surface area contributed by atoms with Crippen LogP contribution in [0.3, 0.4) is 0 Å². The first-order valence-electron chi connectivity index (χ1n) is 9.44. The lowest BCUT2D eigenvalue weighted by atomic mass is 9.96. The van der Waals surface area contributed by atoms with E-state index in [1.54, 1.807) is 13.8 Å². The summed E-state index contributed by atoms with van der Waals surface area (Å²) in [7, 11) is 0. The van der Waals surface area contributed by atoms with Crippen molar-refractivity contribution in [1.29, 1.82) is 0 Å². The summed E-state index contributed by atoms with van der Waals surface area (Å²) in [4.78, 5) is 22.2. The van der Waals surface area contributed by atoms with Gasteiger partial charge in [0.2, 0.25) is 5.91 Å². The van der Waals surface area contributed by atoms with Crippen molar-refractivity contribution in [3.63, 3.8) is 0 Å². The summed E-state index contributed by atoms with van der Waals surface area (Å²) in [5.74, 6) is -1.30. The number of carbonyl (C=O) groups is 1. The number of hydrogen-bond donors (Lipinski definition) is 1.